The Morgan fingerprint density at radius 1 is 0.824 bits per heavy atom. The van der Waals surface area contributed by atoms with Gasteiger partial charge in [0.2, 0.25) is 11.7 Å². The molecule has 0 bridgehead atoms. The summed E-state index contributed by atoms with van der Waals surface area (Å²) < 4.78 is 7.66. The molecule has 0 spiro atoms. The lowest BCUT2D eigenvalue weighted by atomic mass is 10.1. The molecule has 5 aromatic rings. The summed E-state index contributed by atoms with van der Waals surface area (Å²) in [7, 11) is 0. The van der Waals surface area contributed by atoms with Crippen LogP contribution in [-0.4, -0.2) is 24.9 Å². The fourth-order valence-corrected chi connectivity index (χ4v) is 4.59. The minimum atomic E-state index is 0.515. The van der Waals surface area contributed by atoms with Crippen LogP contribution in [0.4, 0.5) is 0 Å². The first kappa shape index (κ1) is 22.1. The summed E-state index contributed by atoms with van der Waals surface area (Å²) in [6, 6.07) is 26.9. The van der Waals surface area contributed by atoms with E-state index in [1.165, 1.54) is 11.1 Å². The summed E-state index contributed by atoms with van der Waals surface area (Å²) in [6.45, 7) is 4.13. The second kappa shape index (κ2) is 10.1. The molecule has 0 amide bonds. The topological polar surface area (TPSA) is 69.6 Å². The molecule has 0 aliphatic rings. The highest BCUT2D eigenvalue weighted by Crippen LogP contribution is 2.27. The molecule has 0 saturated carbocycles. The van der Waals surface area contributed by atoms with Crippen LogP contribution < -0.4 is 0 Å². The Balaban J connectivity index is 1.37. The maximum atomic E-state index is 5.53. The van der Waals surface area contributed by atoms with Gasteiger partial charge < -0.3 is 4.52 Å². The zero-order chi connectivity index (χ0) is 23.3. The first-order chi connectivity index (χ1) is 16.7. The average molecular weight is 468 g/mol. The van der Waals surface area contributed by atoms with E-state index >= 15 is 0 Å². The number of aryl methyl sites for hydroxylation is 4. The lowest BCUT2D eigenvalue weighted by molar-refractivity contribution is 0.391. The molecule has 0 saturated heterocycles. The van der Waals surface area contributed by atoms with Crippen LogP contribution in [0.5, 0.6) is 0 Å². The summed E-state index contributed by atoms with van der Waals surface area (Å²) in [6.07, 6.45) is 1.70. The monoisotopic (exact) mass is 467 g/mol. The highest BCUT2D eigenvalue weighted by atomic mass is 32.2. The minimum Gasteiger partial charge on any atom is -0.338 e. The molecule has 0 unspecified atom stereocenters. The van der Waals surface area contributed by atoms with Crippen molar-refractivity contribution >= 4 is 11.8 Å². The Morgan fingerprint density at radius 2 is 1.59 bits per heavy atom. The SMILES string of the molecule is Cc1ccc(-n2c(CCc3ccccc3)nnc2SCc2nc(-c3ccccc3C)no2)cc1. The van der Waals surface area contributed by atoms with Crippen LogP contribution in [0.1, 0.15) is 28.4 Å². The number of benzene rings is 3. The Hall–Kier alpha value is -3.71. The summed E-state index contributed by atoms with van der Waals surface area (Å²) in [5.74, 6) is 2.62. The van der Waals surface area contributed by atoms with Crippen molar-refractivity contribution in [2.75, 3.05) is 0 Å². The largest absolute Gasteiger partial charge is 0.338 e. The van der Waals surface area contributed by atoms with Crippen molar-refractivity contribution in [2.24, 2.45) is 0 Å². The van der Waals surface area contributed by atoms with Gasteiger partial charge in [0.1, 0.15) is 5.82 Å². The molecule has 6 nitrogen and oxygen atoms in total. The highest BCUT2D eigenvalue weighted by Gasteiger charge is 2.17. The van der Waals surface area contributed by atoms with Crippen molar-refractivity contribution in [3.05, 3.63) is 107 Å². The zero-order valence-electron chi connectivity index (χ0n) is 19.2. The quantitative estimate of drug-likeness (QED) is 0.260. The second-order valence-corrected chi connectivity index (χ2v) is 9.11. The van der Waals surface area contributed by atoms with Crippen LogP contribution >= 0.6 is 11.8 Å². The third kappa shape index (κ3) is 4.94. The molecule has 0 N–H and O–H groups in total. The lowest BCUT2D eigenvalue weighted by Gasteiger charge is -2.10. The van der Waals surface area contributed by atoms with Crippen LogP contribution in [0, 0.1) is 13.8 Å². The van der Waals surface area contributed by atoms with E-state index in [4.69, 9.17) is 4.52 Å². The van der Waals surface area contributed by atoms with Gasteiger partial charge in [0.15, 0.2) is 5.16 Å². The van der Waals surface area contributed by atoms with Gasteiger partial charge in [-0.05, 0) is 43.5 Å². The minimum absolute atomic E-state index is 0.515. The fraction of sp³-hybridized carbons (Fsp3) is 0.185. The number of aromatic nitrogens is 5. The molecule has 0 aliphatic heterocycles. The maximum Gasteiger partial charge on any atom is 0.237 e. The molecule has 0 aliphatic carbocycles. The van der Waals surface area contributed by atoms with Crippen LogP contribution in [0.15, 0.2) is 88.5 Å². The molecule has 0 fully saturated rings. The van der Waals surface area contributed by atoms with Crippen molar-refractivity contribution in [1.29, 1.82) is 0 Å². The van der Waals surface area contributed by atoms with Crippen LogP contribution in [0.2, 0.25) is 0 Å². The van der Waals surface area contributed by atoms with Crippen LogP contribution in [0.25, 0.3) is 17.1 Å². The van der Waals surface area contributed by atoms with Gasteiger partial charge in [0, 0.05) is 17.7 Å². The molecule has 34 heavy (non-hydrogen) atoms. The van der Waals surface area contributed by atoms with Crippen molar-refractivity contribution in [3.63, 3.8) is 0 Å². The Labute approximate surface area is 203 Å². The van der Waals surface area contributed by atoms with Gasteiger partial charge in [-0.2, -0.15) is 4.98 Å². The summed E-state index contributed by atoms with van der Waals surface area (Å²) in [5, 5.41) is 14.0. The van der Waals surface area contributed by atoms with Crippen molar-refractivity contribution < 1.29 is 4.52 Å². The zero-order valence-corrected chi connectivity index (χ0v) is 20.0. The number of hydrogen-bond acceptors (Lipinski definition) is 6. The van der Waals surface area contributed by atoms with Crippen LogP contribution in [0.3, 0.4) is 0 Å². The normalized spacial score (nSPS) is 11.1. The van der Waals surface area contributed by atoms with Crippen molar-refractivity contribution in [3.8, 4) is 17.1 Å². The smallest absolute Gasteiger partial charge is 0.237 e. The molecule has 170 valence electrons. The highest BCUT2D eigenvalue weighted by molar-refractivity contribution is 7.98. The first-order valence-electron chi connectivity index (χ1n) is 11.2. The number of nitrogens with zero attached hydrogens (tertiary/aromatic N) is 5. The molecule has 5 rings (SSSR count). The van der Waals surface area contributed by atoms with E-state index < -0.39 is 0 Å². The molecule has 0 atom stereocenters. The van der Waals surface area contributed by atoms with E-state index in [1.807, 2.05) is 37.3 Å². The van der Waals surface area contributed by atoms with Crippen LogP contribution in [-0.2, 0) is 18.6 Å². The lowest BCUT2D eigenvalue weighted by Crippen LogP contribution is -2.04. The number of thioether (sulfide) groups is 1. The third-order valence-corrected chi connectivity index (χ3v) is 6.57. The van der Waals surface area contributed by atoms with Crippen molar-refractivity contribution in [2.45, 2.75) is 37.6 Å². The van der Waals surface area contributed by atoms with E-state index in [1.54, 1.807) is 11.8 Å². The molecule has 0 radical (unpaired) electrons. The predicted octanol–water partition coefficient (Wildman–Crippen LogP) is 6.01. The second-order valence-electron chi connectivity index (χ2n) is 8.17. The molecule has 2 aromatic heterocycles. The molecular formula is C27H25N5OS. The molecule has 7 heteroatoms. The van der Waals surface area contributed by atoms with E-state index in [0.29, 0.717) is 17.5 Å². The van der Waals surface area contributed by atoms with Gasteiger partial charge in [-0.1, -0.05) is 89.2 Å². The average Bonchev–Trinajstić information content (AvgIpc) is 3.50. The molecule has 2 heterocycles. The third-order valence-electron chi connectivity index (χ3n) is 5.65. The van der Waals surface area contributed by atoms with E-state index in [0.717, 1.165) is 40.6 Å². The molecule has 3 aromatic carbocycles. The fourth-order valence-electron chi connectivity index (χ4n) is 3.78. The summed E-state index contributed by atoms with van der Waals surface area (Å²) in [5.41, 5.74) is 5.64. The van der Waals surface area contributed by atoms with E-state index in [2.05, 4.69) is 80.4 Å². The number of hydrogen-bond donors (Lipinski definition) is 0. The van der Waals surface area contributed by atoms with Gasteiger partial charge in [-0.25, -0.2) is 0 Å². The maximum absolute atomic E-state index is 5.53. The number of rotatable bonds is 8. The van der Waals surface area contributed by atoms with Crippen molar-refractivity contribution in [1.82, 2.24) is 24.9 Å². The Bertz CT molecular complexity index is 1380. The van der Waals surface area contributed by atoms with Gasteiger partial charge in [0.25, 0.3) is 0 Å². The van der Waals surface area contributed by atoms with Gasteiger partial charge >= 0.3 is 0 Å². The standard InChI is InChI=1S/C27H25N5OS/c1-19-12-15-22(16-13-19)32-24(17-14-21-9-4-3-5-10-21)29-30-27(32)34-18-25-28-26(31-33-25)23-11-7-6-8-20(23)2/h3-13,15-16H,14,17-18H2,1-2H3. The van der Waals surface area contributed by atoms with Gasteiger partial charge in [-0.15, -0.1) is 10.2 Å². The van der Waals surface area contributed by atoms with Gasteiger partial charge in [-0.3, -0.25) is 4.57 Å². The summed E-state index contributed by atoms with van der Waals surface area (Å²) >= 11 is 1.55. The van der Waals surface area contributed by atoms with Gasteiger partial charge in [0.05, 0.1) is 5.75 Å². The van der Waals surface area contributed by atoms with E-state index in [-0.39, 0.29) is 0 Å². The van der Waals surface area contributed by atoms with E-state index in [9.17, 15) is 0 Å². The summed E-state index contributed by atoms with van der Waals surface area (Å²) in [4.78, 5) is 4.60. The molecular weight excluding hydrogens is 442 g/mol. The Kier molecular flexibility index (Phi) is 6.53. The Morgan fingerprint density at radius 3 is 2.38 bits per heavy atom. The predicted molar refractivity (Wildman–Crippen MR) is 134 cm³/mol. The first-order valence-corrected chi connectivity index (χ1v) is 12.2.